The minimum Gasteiger partial charge on any atom is -0.493 e. The van der Waals surface area contributed by atoms with Crippen molar-refractivity contribution in [3.05, 3.63) is 24.0 Å². The third-order valence-corrected chi connectivity index (χ3v) is 2.44. The number of nitrogen functional groups attached to an aromatic ring is 1. The third kappa shape index (κ3) is 1.60. The normalized spacial score (nSPS) is 10.4. The number of pyridine rings is 1. The number of methoxy groups -OCH3 is 1. The summed E-state index contributed by atoms with van der Waals surface area (Å²) in [4.78, 5) is 4.13. The molecule has 2 aromatic rings. The van der Waals surface area contributed by atoms with Gasteiger partial charge in [0.05, 0.1) is 13.3 Å². The number of aryl methyl sites for hydroxylation is 2. The van der Waals surface area contributed by atoms with Gasteiger partial charge in [0.25, 0.3) is 0 Å². The molecule has 0 aliphatic rings. The number of nitrogens with two attached hydrogens (primary N) is 1. The molecule has 2 aromatic heterocycles. The fourth-order valence-electron chi connectivity index (χ4n) is 1.64. The largest absolute Gasteiger partial charge is 0.493 e. The zero-order valence-electron chi connectivity index (χ0n) is 9.56. The van der Waals surface area contributed by atoms with Crippen LogP contribution in [0.3, 0.4) is 0 Å². The predicted molar refractivity (Wildman–Crippen MR) is 62.1 cm³/mol. The summed E-state index contributed by atoms with van der Waals surface area (Å²) in [5.41, 5.74) is 8.60. The first kappa shape index (κ1) is 10.5. The van der Waals surface area contributed by atoms with Gasteiger partial charge >= 0.3 is 0 Å². The number of hydrogen-bond acceptors (Lipinski definition) is 4. The molecule has 0 spiro atoms. The minimum atomic E-state index is 0.479. The van der Waals surface area contributed by atoms with Gasteiger partial charge in [-0.3, -0.25) is 4.68 Å². The third-order valence-electron chi connectivity index (χ3n) is 2.44. The van der Waals surface area contributed by atoms with Gasteiger partial charge in [0.2, 0.25) is 0 Å². The van der Waals surface area contributed by atoms with E-state index in [0.717, 1.165) is 16.8 Å². The molecule has 0 atom stereocenters. The Hall–Kier alpha value is -2.04. The molecule has 2 N–H and O–H groups in total. The molecule has 0 aliphatic carbocycles. The Morgan fingerprint density at radius 1 is 1.38 bits per heavy atom. The highest BCUT2D eigenvalue weighted by Crippen LogP contribution is 2.32. The van der Waals surface area contributed by atoms with Gasteiger partial charge in [-0.15, -0.1) is 0 Å². The van der Waals surface area contributed by atoms with Crippen LogP contribution < -0.4 is 10.5 Å². The maximum Gasteiger partial charge on any atom is 0.164 e. The number of rotatable bonds is 2. The number of ether oxygens (including phenoxy) is 1. The second-order valence-electron chi connectivity index (χ2n) is 3.63. The Bertz CT molecular complexity index is 519. The second kappa shape index (κ2) is 3.84. The lowest BCUT2D eigenvalue weighted by molar-refractivity contribution is 0.416. The molecule has 84 valence electrons. The fraction of sp³-hybridized carbons (Fsp3) is 0.273. The summed E-state index contributed by atoms with van der Waals surface area (Å²) in [7, 11) is 3.46. The van der Waals surface area contributed by atoms with Crippen molar-refractivity contribution in [1.82, 2.24) is 14.8 Å². The smallest absolute Gasteiger partial charge is 0.164 e. The van der Waals surface area contributed by atoms with Gasteiger partial charge < -0.3 is 10.5 Å². The lowest BCUT2D eigenvalue weighted by Crippen LogP contribution is -2.00. The Morgan fingerprint density at radius 3 is 2.81 bits per heavy atom. The van der Waals surface area contributed by atoms with Crippen LogP contribution in [0.4, 0.5) is 5.82 Å². The predicted octanol–water partition coefficient (Wildman–Crippen LogP) is 1.38. The Labute approximate surface area is 93.9 Å². The summed E-state index contributed by atoms with van der Waals surface area (Å²) in [6.45, 7) is 1.97. The van der Waals surface area contributed by atoms with E-state index >= 15 is 0 Å². The van der Waals surface area contributed by atoms with Crippen LogP contribution >= 0.6 is 0 Å². The van der Waals surface area contributed by atoms with E-state index in [1.807, 2.05) is 20.0 Å². The van der Waals surface area contributed by atoms with Crippen molar-refractivity contribution >= 4 is 5.82 Å². The van der Waals surface area contributed by atoms with Gasteiger partial charge in [-0.25, -0.2) is 4.98 Å². The van der Waals surface area contributed by atoms with Gasteiger partial charge in [0.15, 0.2) is 5.75 Å². The summed E-state index contributed by atoms with van der Waals surface area (Å²) in [6, 6.07) is 1.97. The Kier molecular flexibility index (Phi) is 2.52. The molecule has 0 aliphatic heterocycles. The van der Waals surface area contributed by atoms with Crippen molar-refractivity contribution < 1.29 is 4.74 Å². The van der Waals surface area contributed by atoms with Crippen molar-refractivity contribution in [2.75, 3.05) is 12.8 Å². The van der Waals surface area contributed by atoms with E-state index in [1.54, 1.807) is 24.2 Å². The Balaban J connectivity index is 2.66. The summed E-state index contributed by atoms with van der Waals surface area (Å²) >= 11 is 0. The first-order chi connectivity index (χ1) is 7.63. The SMILES string of the molecule is COc1cnn(C)c1-c1cc(C)cnc1N. The van der Waals surface area contributed by atoms with E-state index in [0.29, 0.717) is 11.6 Å². The van der Waals surface area contributed by atoms with Gasteiger partial charge in [0.1, 0.15) is 11.5 Å². The number of hydrogen-bond donors (Lipinski definition) is 1. The number of nitrogens with zero attached hydrogens (tertiary/aromatic N) is 3. The topological polar surface area (TPSA) is 66.0 Å². The van der Waals surface area contributed by atoms with Crippen molar-refractivity contribution in [1.29, 1.82) is 0 Å². The molecule has 0 saturated heterocycles. The van der Waals surface area contributed by atoms with Crippen LogP contribution in [0.5, 0.6) is 5.75 Å². The highest BCUT2D eigenvalue weighted by atomic mass is 16.5. The first-order valence-corrected chi connectivity index (χ1v) is 4.92. The van der Waals surface area contributed by atoms with E-state index in [2.05, 4.69) is 10.1 Å². The molecular formula is C11H14N4O. The van der Waals surface area contributed by atoms with E-state index in [-0.39, 0.29) is 0 Å². The molecule has 0 bridgehead atoms. The van der Waals surface area contributed by atoms with E-state index in [1.165, 1.54) is 0 Å². The van der Waals surface area contributed by atoms with E-state index < -0.39 is 0 Å². The summed E-state index contributed by atoms with van der Waals surface area (Å²) in [6.07, 6.45) is 3.40. The molecule has 0 aromatic carbocycles. The molecule has 2 heterocycles. The van der Waals surface area contributed by atoms with Crippen LogP contribution in [-0.4, -0.2) is 21.9 Å². The average molecular weight is 218 g/mol. The fourth-order valence-corrected chi connectivity index (χ4v) is 1.64. The van der Waals surface area contributed by atoms with Crippen molar-refractivity contribution in [3.63, 3.8) is 0 Å². The maximum atomic E-state index is 5.87. The number of aromatic nitrogens is 3. The van der Waals surface area contributed by atoms with Crippen LogP contribution in [0.1, 0.15) is 5.56 Å². The van der Waals surface area contributed by atoms with Crippen molar-refractivity contribution in [2.24, 2.45) is 7.05 Å². The minimum absolute atomic E-state index is 0.479. The molecule has 5 nitrogen and oxygen atoms in total. The van der Waals surface area contributed by atoms with Gasteiger partial charge in [-0.05, 0) is 18.6 Å². The monoisotopic (exact) mass is 218 g/mol. The quantitative estimate of drug-likeness (QED) is 0.827. The molecule has 0 unspecified atom stereocenters. The van der Waals surface area contributed by atoms with Gasteiger partial charge in [-0.2, -0.15) is 5.10 Å². The van der Waals surface area contributed by atoms with Crippen LogP contribution in [0, 0.1) is 6.92 Å². The lowest BCUT2D eigenvalue weighted by atomic mass is 10.1. The summed E-state index contributed by atoms with van der Waals surface area (Å²) in [5.74, 6) is 1.18. The zero-order chi connectivity index (χ0) is 11.7. The Morgan fingerprint density at radius 2 is 2.12 bits per heavy atom. The standard InChI is InChI=1S/C11H14N4O/c1-7-4-8(11(12)13-5-7)10-9(16-3)6-14-15(10)2/h4-6H,1-3H3,(H2,12,13). The summed E-state index contributed by atoms with van der Waals surface area (Å²) in [5, 5.41) is 4.14. The highest BCUT2D eigenvalue weighted by molar-refractivity contribution is 5.75. The molecule has 0 fully saturated rings. The van der Waals surface area contributed by atoms with E-state index in [4.69, 9.17) is 10.5 Å². The van der Waals surface area contributed by atoms with Crippen LogP contribution in [0.25, 0.3) is 11.3 Å². The highest BCUT2D eigenvalue weighted by Gasteiger charge is 2.14. The summed E-state index contributed by atoms with van der Waals surface area (Å²) < 4.78 is 6.98. The van der Waals surface area contributed by atoms with Gasteiger partial charge in [-0.1, -0.05) is 0 Å². The van der Waals surface area contributed by atoms with Crippen molar-refractivity contribution in [3.8, 4) is 17.0 Å². The van der Waals surface area contributed by atoms with E-state index in [9.17, 15) is 0 Å². The molecule has 0 amide bonds. The van der Waals surface area contributed by atoms with Gasteiger partial charge in [0, 0.05) is 18.8 Å². The lowest BCUT2D eigenvalue weighted by Gasteiger charge is -2.08. The number of anilines is 1. The molecule has 5 heteroatoms. The molecule has 16 heavy (non-hydrogen) atoms. The maximum absolute atomic E-state index is 5.87. The molecule has 0 saturated carbocycles. The molecular weight excluding hydrogens is 204 g/mol. The van der Waals surface area contributed by atoms with Crippen molar-refractivity contribution in [2.45, 2.75) is 6.92 Å². The average Bonchev–Trinajstić information content (AvgIpc) is 2.63. The van der Waals surface area contributed by atoms with Crippen LogP contribution in [-0.2, 0) is 7.05 Å². The molecule has 2 rings (SSSR count). The van der Waals surface area contributed by atoms with Crippen LogP contribution in [0.2, 0.25) is 0 Å². The zero-order valence-corrected chi connectivity index (χ0v) is 9.56. The molecule has 0 radical (unpaired) electrons. The first-order valence-electron chi connectivity index (χ1n) is 4.92. The second-order valence-corrected chi connectivity index (χ2v) is 3.63. The van der Waals surface area contributed by atoms with Crippen LogP contribution in [0.15, 0.2) is 18.5 Å².